The summed E-state index contributed by atoms with van der Waals surface area (Å²) in [6.07, 6.45) is 5.58. The van der Waals surface area contributed by atoms with Crippen LogP contribution < -0.4 is 10.9 Å². The summed E-state index contributed by atoms with van der Waals surface area (Å²) in [5, 5.41) is 3.14. The first-order valence-corrected chi connectivity index (χ1v) is 10.1. The van der Waals surface area contributed by atoms with E-state index >= 15 is 0 Å². The molecule has 0 radical (unpaired) electrons. The van der Waals surface area contributed by atoms with E-state index in [1.165, 1.54) is 0 Å². The quantitative estimate of drug-likeness (QED) is 0.532. The largest absolute Gasteiger partial charge is 0.355 e. The van der Waals surface area contributed by atoms with Crippen LogP contribution in [0.1, 0.15) is 17.0 Å². The molecule has 0 aliphatic carbocycles. The summed E-state index contributed by atoms with van der Waals surface area (Å²) in [7, 11) is 0. The van der Waals surface area contributed by atoms with Crippen LogP contribution in [0.15, 0.2) is 58.2 Å². The van der Waals surface area contributed by atoms with Gasteiger partial charge >= 0.3 is 0 Å². The van der Waals surface area contributed by atoms with Crippen LogP contribution in [0.3, 0.4) is 0 Å². The average Bonchev–Trinajstić information content (AvgIpc) is 2.66. The zero-order chi connectivity index (χ0) is 18.2. The number of nitrogens with one attached hydrogen (secondary N) is 2. The lowest BCUT2D eigenvalue weighted by molar-refractivity contribution is 0.982. The Balaban J connectivity index is 1.46. The van der Waals surface area contributed by atoms with Gasteiger partial charge in [0.15, 0.2) is 0 Å². The predicted octanol–water partition coefficient (Wildman–Crippen LogP) is 3.26. The molecule has 26 heavy (non-hydrogen) atoms. The highest BCUT2D eigenvalue weighted by Gasteiger charge is 2.05. The van der Waals surface area contributed by atoms with Gasteiger partial charge in [-0.3, -0.25) is 19.7 Å². The molecule has 8 heteroatoms. The Morgan fingerprint density at radius 2 is 2.00 bits per heavy atom. The fraction of sp³-hybridized carbons (Fsp3) is 0.222. The number of hydrogen-bond donors (Lipinski definition) is 2. The van der Waals surface area contributed by atoms with Crippen LogP contribution in [0.25, 0.3) is 0 Å². The molecule has 0 amide bonds. The smallest absolute Gasteiger partial charge is 0.255 e. The molecule has 0 unspecified atom stereocenters. The third-order valence-corrected chi connectivity index (χ3v) is 5.28. The Kier molecular flexibility index (Phi) is 6.79. The number of aromatic nitrogens is 4. The van der Waals surface area contributed by atoms with E-state index in [1.807, 2.05) is 30.3 Å². The van der Waals surface area contributed by atoms with Gasteiger partial charge in [0.1, 0.15) is 0 Å². The fourth-order valence-electron chi connectivity index (χ4n) is 2.27. The second-order valence-corrected chi connectivity index (χ2v) is 7.45. The van der Waals surface area contributed by atoms with Gasteiger partial charge in [-0.2, -0.15) is 11.8 Å². The van der Waals surface area contributed by atoms with Crippen molar-refractivity contribution in [3.05, 3.63) is 80.7 Å². The van der Waals surface area contributed by atoms with Gasteiger partial charge in [-0.05, 0) is 40.2 Å². The molecule has 3 heterocycles. The molecule has 3 aromatic rings. The van der Waals surface area contributed by atoms with Gasteiger partial charge in [-0.1, -0.05) is 6.07 Å². The Bertz CT molecular complexity index is 903. The molecule has 0 bridgehead atoms. The third kappa shape index (κ3) is 5.40. The summed E-state index contributed by atoms with van der Waals surface area (Å²) < 4.78 is 1.02. The molecule has 0 spiro atoms. The zero-order valence-electron chi connectivity index (χ0n) is 14.0. The van der Waals surface area contributed by atoms with Crippen LogP contribution in [0.2, 0.25) is 0 Å². The van der Waals surface area contributed by atoms with Crippen molar-refractivity contribution >= 4 is 33.6 Å². The van der Waals surface area contributed by atoms with Crippen molar-refractivity contribution in [2.45, 2.75) is 12.2 Å². The van der Waals surface area contributed by atoms with E-state index in [0.717, 1.165) is 27.4 Å². The molecule has 0 atom stereocenters. The number of halogens is 1. The highest BCUT2D eigenvalue weighted by Crippen LogP contribution is 2.18. The van der Waals surface area contributed by atoms with Crippen LogP contribution in [0, 0.1) is 0 Å². The minimum atomic E-state index is -0.141. The van der Waals surface area contributed by atoms with Crippen molar-refractivity contribution in [3.8, 4) is 0 Å². The first kappa shape index (κ1) is 18.6. The molecule has 0 aromatic carbocycles. The molecule has 3 rings (SSSR count). The summed E-state index contributed by atoms with van der Waals surface area (Å²) in [6.45, 7) is 0.706. The molecule has 0 fully saturated rings. The standard InChI is InChI=1S/C18H18BrN5OS/c19-15-5-3-7-21-16(15)12-26-9-8-22-18-23-11-13(17(25)24-18)10-14-4-1-2-6-20-14/h1-7,11H,8-10,12H2,(H2,22,23,24,25). The fourth-order valence-corrected chi connectivity index (χ4v) is 3.66. The second kappa shape index (κ2) is 9.49. The van der Waals surface area contributed by atoms with Gasteiger partial charge in [0.05, 0.1) is 5.69 Å². The van der Waals surface area contributed by atoms with E-state index in [-0.39, 0.29) is 5.56 Å². The lowest BCUT2D eigenvalue weighted by atomic mass is 10.2. The molecular formula is C18H18BrN5OS. The first-order valence-electron chi connectivity index (χ1n) is 8.11. The molecule has 0 aliphatic rings. The summed E-state index contributed by atoms with van der Waals surface area (Å²) in [4.78, 5) is 27.8. The Morgan fingerprint density at radius 1 is 1.12 bits per heavy atom. The van der Waals surface area contributed by atoms with Crippen molar-refractivity contribution in [1.29, 1.82) is 0 Å². The molecule has 6 nitrogen and oxygen atoms in total. The third-order valence-electron chi connectivity index (χ3n) is 3.58. The molecule has 134 valence electrons. The number of hydrogen-bond acceptors (Lipinski definition) is 6. The Hall–Kier alpha value is -2.19. The van der Waals surface area contributed by atoms with Crippen molar-refractivity contribution in [1.82, 2.24) is 19.9 Å². The number of pyridine rings is 2. The van der Waals surface area contributed by atoms with Crippen LogP contribution in [0.5, 0.6) is 0 Å². The molecule has 3 aromatic heterocycles. The van der Waals surface area contributed by atoms with Crippen molar-refractivity contribution in [2.24, 2.45) is 0 Å². The van der Waals surface area contributed by atoms with Crippen LogP contribution in [0.4, 0.5) is 5.95 Å². The molecular weight excluding hydrogens is 414 g/mol. The van der Waals surface area contributed by atoms with E-state index < -0.39 is 0 Å². The van der Waals surface area contributed by atoms with E-state index in [2.05, 4.69) is 41.2 Å². The SMILES string of the molecule is O=c1[nH]c(NCCSCc2ncccc2Br)ncc1Cc1ccccn1. The Labute approximate surface area is 164 Å². The normalized spacial score (nSPS) is 10.7. The van der Waals surface area contributed by atoms with Crippen LogP contribution in [-0.4, -0.2) is 32.2 Å². The lowest BCUT2D eigenvalue weighted by Gasteiger charge is -2.07. The number of nitrogens with zero attached hydrogens (tertiary/aromatic N) is 3. The van der Waals surface area contributed by atoms with Gasteiger partial charge in [0.2, 0.25) is 5.95 Å². The maximum Gasteiger partial charge on any atom is 0.255 e. The highest BCUT2D eigenvalue weighted by atomic mass is 79.9. The van der Waals surface area contributed by atoms with Crippen molar-refractivity contribution < 1.29 is 0 Å². The molecule has 0 aliphatic heterocycles. The number of H-pyrrole nitrogens is 1. The summed E-state index contributed by atoms with van der Waals surface area (Å²) in [6, 6.07) is 9.54. The Morgan fingerprint density at radius 3 is 2.77 bits per heavy atom. The lowest BCUT2D eigenvalue weighted by Crippen LogP contribution is -2.18. The van der Waals surface area contributed by atoms with E-state index in [0.29, 0.717) is 24.5 Å². The van der Waals surface area contributed by atoms with Crippen molar-refractivity contribution in [3.63, 3.8) is 0 Å². The van der Waals surface area contributed by atoms with Crippen LogP contribution in [-0.2, 0) is 12.2 Å². The minimum absolute atomic E-state index is 0.141. The molecule has 2 N–H and O–H groups in total. The number of anilines is 1. The summed E-state index contributed by atoms with van der Waals surface area (Å²) >= 11 is 5.26. The average molecular weight is 432 g/mol. The maximum atomic E-state index is 12.2. The number of thioether (sulfide) groups is 1. The molecule has 0 saturated carbocycles. The van der Waals surface area contributed by atoms with Gasteiger partial charge in [0, 0.05) is 58.8 Å². The van der Waals surface area contributed by atoms with Gasteiger partial charge in [-0.15, -0.1) is 0 Å². The van der Waals surface area contributed by atoms with Gasteiger partial charge in [0.25, 0.3) is 5.56 Å². The number of rotatable bonds is 8. The van der Waals surface area contributed by atoms with Crippen LogP contribution >= 0.6 is 27.7 Å². The maximum absolute atomic E-state index is 12.2. The minimum Gasteiger partial charge on any atom is -0.355 e. The van der Waals surface area contributed by atoms with Gasteiger partial charge in [-0.25, -0.2) is 4.98 Å². The topological polar surface area (TPSA) is 83.6 Å². The predicted molar refractivity (Wildman–Crippen MR) is 108 cm³/mol. The van der Waals surface area contributed by atoms with E-state index in [4.69, 9.17) is 0 Å². The second-order valence-electron chi connectivity index (χ2n) is 5.50. The summed E-state index contributed by atoms with van der Waals surface area (Å²) in [5.41, 5.74) is 2.34. The highest BCUT2D eigenvalue weighted by molar-refractivity contribution is 9.10. The van der Waals surface area contributed by atoms with Crippen molar-refractivity contribution in [2.75, 3.05) is 17.6 Å². The monoisotopic (exact) mass is 431 g/mol. The number of aromatic amines is 1. The van der Waals surface area contributed by atoms with E-state index in [9.17, 15) is 4.79 Å². The van der Waals surface area contributed by atoms with Gasteiger partial charge < -0.3 is 5.32 Å². The first-order chi connectivity index (χ1) is 12.7. The molecule has 0 saturated heterocycles. The van der Waals surface area contributed by atoms with E-state index in [1.54, 1.807) is 30.4 Å². The zero-order valence-corrected chi connectivity index (χ0v) is 16.4. The summed E-state index contributed by atoms with van der Waals surface area (Å²) in [5.74, 6) is 2.19.